The highest BCUT2D eigenvalue weighted by atomic mass is 32.2. The molecule has 33 heavy (non-hydrogen) atoms. The van der Waals surface area contributed by atoms with Crippen molar-refractivity contribution in [3.63, 3.8) is 0 Å². The number of hydrogen-bond acceptors (Lipinski definition) is 3. The number of carbonyl (C=O) groups is 2. The lowest BCUT2D eigenvalue weighted by atomic mass is 9.98. The molecule has 178 valence electrons. The van der Waals surface area contributed by atoms with E-state index in [0.717, 1.165) is 24.8 Å². The third-order valence-corrected chi connectivity index (χ3v) is 5.86. The predicted molar refractivity (Wildman–Crippen MR) is 142 cm³/mol. The lowest BCUT2D eigenvalue weighted by molar-refractivity contribution is -0.140. The zero-order chi connectivity index (χ0) is 24.6. The van der Waals surface area contributed by atoms with Gasteiger partial charge < -0.3 is 10.4 Å². The number of aryl methyl sites for hydroxylation is 1. The van der Waals surface area contributed by atoms with E-state index in [9.17, 15) is 14.7 Å². The Bertz CT molecular complexity index is 904. The van der Waals surface area contributed by atoms with Gasteiger partial charge in [-0.1, -0.05) is 78.4 Å². The number of aliphatic carboxylic acids is 1. The predicted octanol–water partition coefficient (Wildman–Crippen LogP) is 6.37. The highest BCUT2D eigenvalue weighted by Gasteiger charge is 2.17. The van der Waals surface area contributed by atoms with Crippen LogP contribution in [0, 0.1) is 0 Å². The van der Waals surface area contributed by atoms with E-state index in [1.54, 1.807) is 6.08 Å². The van der Waals surface area contributed by atoms with Crippen molar-refractivity contribution in [3.8, 4) is 0 Å². The lowest BCUT2D eigenvalue weighted by Crippen LogP contribution is -2.41. The highest BCUT2D eigenvalue weighted by Crippen LogP contribution is 2.20. The van der Waals surface area contributed by atoms with E-state index in [2.05, 4.69) is 68.2 Å². The molecule has 1 unspecified atom stereocenters. The number of amides is 1. The molecule has 0 spiro atoms. The molecule has 0 aromatic heterocycles. The number of allylic oxidation sites excluding steroid dienone is 8. The maximum Gasteiger partial charge on any atom is 0.327 e. The molecule has 1 aromatic carbocycles. The summed E-state index contributed by atoms with van der Waals surface area (Å²) < 4.78 is 0. The molecule has 0 bridgehead atoms. The number of hydrogen-bond donors (Lipinski definition) is 2. The summed E-state index contributed by atoms with van der Waals surface area (Å²) >= 11 is 1.52. The molecular weight excluding hydrogens is 430 g/mol. The number of carbonyl (C=O) groups excluding carboxylic acids is 1. The van der Waals surface area contributed by atoms with Crippen molar-refractivity contribution in [2.24, 2.45) is 0 Å². The minimum Gasteiger partial charge on any atom is -0.480 e. The fourth-order valence-electron chi connectivity index (χ4n) is 3.13. The second-order valence-electron chi connectivity index (χ2n) is 8.03. The lowest BCUT2D eigenvalue weighted by Gasteiger charge is -2.12. The fraction of sp³-hybridized carbons (Fsp3) is 0.357. The van der Waals surface area contributed by atoms with Crippen LogP contribution in [0.15, 0.2) is 78.4 Å². The molecule has 1 aromatic rings. The van der Waals surface area contributed by atoms with Crippen molar-refractivity contribution < 1.29 is 14.7 Å². The van der Waals surface area contributed by atoms with Crippen LogP contribution >= 0.6 is 11.8 Å². The third-order valence-electron chi connectivity index (χ3n) is 4.89. The normalized spacial score (nSPS) is 13.0. The summed E-state index contributed by atoms with van der Waals surface area (Å²) in [5.74, 6) is -0.273. The average molecular weight is 468 g/mol. The molecule has 0 aliphatic rings. The van der Waals surface area contributed by atoms with Gasteiger partial charge in [-0.05, 0) is 56.7 Å². The number of carboxylic acids is 1. The molecule has 5 heteroatoms. The Morgan fingerprint density at radius 1 is 1.15 bits per heavy atom. The van der Waals surface area contributed by atoms with Crippen molar-refractivity contribution in [1.29, 1.82) is 0 Å². The molecule has 1 atom stereocenters. The fourth-order valence-corrected chi connectivity index (χ4v) is 4.08. The van der Waals surface area contributed by atoms with Gasteiger partial charge in [0.05, 0.1) is 0 Å². The number of nitrogens with one attached hydrogen (secondary N) is 1. The SMILES string of the molecule is C=C/C=C(\C=C/C)c1ccc(CC/C(=C/CSCC(NC(C)=O)C(=O)O)CC=C(C)C)cc1. The second-order valence-corrected chi connectivity index (χ2v) is 9.11. The molecule has 0 saturated carbocycles. The van der Waals surface area contributed by atoms with Crippen LogP contribution in [0.4, 0.5) is 0 Å². The average Bonchev–Trinajstić information content (AvgIpc) is 2.76. The van der Waals surface area contributed by atoms with E-state index in [0.29, 0.717) is 11.5 Å². The van der Waals surface area contributed by atoms with Crippen LogP contribution in [-0.2, 0) is 16.0 Å². The van der Waals surface area contributed by atoms with Gasteiger partial charge in [-0.3, -0.25) is 4.79 Å². The van der Waals surface area contributed by atoms with Crippen LogP contribution in [0.5, 0.6) is 0 Å². The first-order chi connectivity index (χ1) is 15.8. The zero-order valence-corrected chi connectivity index (χ0v) is 21.1. The Balaban J connectivity index is 2.77. The molecule has 0 heterocycles. The van der Waals surface area contributed by atoms with Gasteiger partial charge in [0.1, 0.15) is 6.04 Å². The largest absolute Gasteiger partial charge is 0.480 e. The third kappa shape index (κ3) is 12.1. The molecular formula is C28H37NO3S. The van der Waals surface area contributed by atoms with Crippen LogP contribution in [0.25, 0.3) is 5.57 Å². The summed E-state index contributed by atoms with van der Waals surface area (Å²) in [6.45, 7) is 11.3. The topological polar surface area (TPSA) is 66.4 Å². The Kier molecular flexibility index (Phi) is 13.6. The molecule has 0 radical (unpaired) electrons. The Morgan fingerprint density at radius 3 is 2.39 bits per heavy atom. The smallest absolute Gasteiger partial charge is 0.327 e. The van der Waals surface area contributed by atoms with E-state index >= 15 is 0 Å². The number of benzene rings is 1. The van der Waals surface area contributed by atoms with Gasteiger partial charge in [0.15, 0.2) is 0 Å². The van der Waals surface area contributed by atoms with E-state index in [1.165, 1.54) is 41.0 Å². The van der Waals surface area contributed by atoms with Gasteiger partial charge in [0.2, 0.25) is 5.91 Å². The van der Waals surface area contributed by atoms with E-state index in [-0.39, 0.29) is 5.91 Å². The summed E-state index contributed by atoms with van der Waals surface area (Å²) in [6.07, 6.45) is 15.1. The Morgan fingerprint density at radius 2 is 1.85 bits per heavy atom. The van der Waals surface area contributed by atoms with Crippen LogP contribution in [0.2, 0.25) is 0 Å². The van der Waals surface area contributed by atoms with Crippen LogP contribution in [0.3, 0.4) is 0 Å². The summed E-state index contributed by atoms with van der Waals surface area (Å²) in [4.78, 5) is 22.5. The standard InChI is InChI=1S/C28H37NO3S/c1-6-8-25(9-7-2)26-16-14-23(15-17-26)12-13-24(11-10-21(3)4)18-19-33-20-27(28(31)32)29-22(5)30/h6-10,14-18,27H,1,11-13,19-20H2,2-5H3,(H,29,30)(H,31,32)/b9-7-,24-18+,25-8+. The van der Waals surface area contributed by atoms with Gasteiger partial charge in [-0.2, -0.15) is 11.8 Å². The number of carboxylic acid groups (broad SMARTS) is 1. The van der Waals surface area contributed by atoms with Crippen molar-refractivity contribution in [2.45, 2.75) is 53.0 Å². The van der Waals surface area contributed by atoms with E-state index in [1.807, 2.05) is 19.1 Å². The van der Waals surface area contributed by atoms with Gasteiger partial charge in [-0.25, -0.2) is 4.79 Å². The van der Waals surface area contributed by atoms with Crippen molar-refractivity contribution in [2.75, 3.05) is 11.5 Å². The first kappa shape index (κ1) is 28.2. The van der Waals surface area contributed by atoms with Crippen LogP contribution in [0.1, 0.15) is 51.7 Å². The van der Waals surface area contributed by atoms with Gasteiger partial charge in [0, 0.05) is 18.4 Å². The molecule has 0 saturated heterocycles. The van der Waals surface area contributed by atoms with Gasteiger partial charge >= 0.3 is 5.97 Å². The first-order valence-electron chi connectivity index (χ1n) is 11.2. The maximum atomic E-state index is 11.3. The van der Waals surface area contributed by atoms with Crippen molar-refractivity contribution >= 4 is 29.2 Å². The summed E-state index contributed by atoms with van der Waals surface area (Å²) in [7, 11) is 0. The highest BCUT2D eigenvalue weighted by molar-refractivity contribution is 7.99. The van der Waals surface area contributed by atoms with E-state index in [4.69, 9.17) is 0 Å². The van der Waals surface area contributed by atoms with Crippen LogP contribution < -0.4 is 5.32 Å². The van der Waals surface area contributed by atoms with Crippen LogP contribution in [-0.4, -0.2) is 34.5 Å². The number of rotatable bonds is 14. The van der Waals surface area contributed by atoms with Crippen molar-refractivity contribution in [1.82, 2.24) is 5.32 Å². The molecule has 0 fully saturated rings. The maximum absolute atomic E-state index is 11.3. The molecule has 1 amide bonds. The van der Waals surface area contributed by atoms with Crippen molar-refractivity contribution in [3.05, 3.63) is 89.6 Å². The molecule has 2 N–H and O–H groups in total. The molecule has 0 aliphatic heterocycles. The van der Waals surface area contributed by atoms with Gasteiger partial charge in [-0.15, -0.1) is 0 Å². The van der Waals surface area contributed by atoms with Gasteiger partial charge in [0.25, 0.3) is 0 Å². The molecule has 1 rings (SSSR count). The Hall–Kier alpha value is -2.79. The summed E-state index contributed by atoms with van der Waals surface area (Å²) in [5, 5.41) is 11.7. The summed E-state index contributed by atoms with van der Waals surface area (Å²) in [6, 6.07) is 7.78. The zero-order valence-electron chi connectivity index (χ0n) is 20.3. The molecule has 4 nitrogen and oxygen atoms in total. The second kappa shape index (κ2) is 15.9. The number of thioether (sulfide) groups is 1. The molecule has 0 aliphatic carbocycles. The monoisotopic (exact) mass is 467 g/mol. The minimum absolute atomic E-state index is 0.327. The van der Waals surface area contributed by atoms with E-state index < -0.39 is 12.0 Å². The minimum atomic E-state index is -1.00. The Labute approximate surface area is 203 Å². The quantitative estimate of drug-likeness (QED) is 0.189. The summed E-state index contributed by atoms with van der Waals surface area (Å²) in [5.41, 5.74) is 6.20. The first-order valence-corrected chi connectivity index (χ1v) is 12.4.